The van der Waals surface area contributed by atoms with Crippen LogP contribution < -0.4 is 10.2 Å². The van der Waals surface area contributed by atoms with Gasteiger partial charge < -0.3 is 19.1 Å². The summed E-state index contributed by atoms with van der Waals surface area (Å²) in [6.45, 7) is 1.94. The third-order valence-electron chi connectivity index (χ3n) is 6.20. The van der Waals surface area contributed by atoms with E-state index in [1.165, 1.54) is 4.88 Å². The molecule has 0 saturated heterocycles. The van der Waals surface area contributed by atoms with Crippen LogP contribution in [0.2, 0.25) is 0 Å². The first-order valence-electron chi connectivity index (χ1n) is 10.8. The molecule has 3 aromatic rings. The van der Waals surface area contributed by atoms with Gasteiger partial charge in [-0.15, -0.1) is 11.3 Å². The Bertz CT molecular complexity index is 1240. The van der Waals surface area contributed by atoms with Crippen LogP contribution in [-0.2, 0) is 11.2 Å². The van der Waals surface area contributed by atoms with Gasteiger partial charge in [0.2, 0.25) is 5.43 Å². The monoisotopic (exact) mass is 439 g/mol. The van der Waals surface area contributed by atoms with Crippen LogP contribution in [-0.4, -0.2) is 29.4 Å². The Morgan fingerprint density at radius 2 is 2.06 bits per heavy atom. The van der Waals surface area contributed by atoms with Crippen molar-refractivity contribution in [1.29, 1.82) is 0 Å². The van der Waals surface area contributed by atoms with E-state index in [2.05, 4.69) is 5.38 Å². The zero-order valence-electron chi connectivity index (χ0n) is 17.6. The van der Waals surface area contributed by atoms with E-state index < -0.39 is 12.1 Å². The van der Waals surface area contributed by atoms with Crippen molar-refractivity contribution in [2.75, 3.05) is 13.7 Å². The fourth-order valence-electron chi connectivity index (χ4n) is 4.61. The average Bonchev–Trinajstić information content (AvgIpc) is 3.52. The number of thiophene rings is 1. The van der Waals surface area contributed by atoms with Crippen LogP contribution >= 0.6 is 11.3 Å². The van der Waals surface area contributed by atoms with Crippen LogP contribution in [0.25, 0.3) is 22.0 Å². The number of fused-ring (bicyclic) bond motifs is 2. The number of aliphatic hydroxyl groups excluding tert-OH is 1. The van der Waals surface area contributed by atoms with Crippen LogP contribution in [0.15, 0.2) is 28.5 Å². The number of aliphatic hydroxyl groups is 1. The first-order valence-corrected chi connectivity index (χ1v) is 11.6. The number of carbonyl (C=O) groups is 1. The standard InChI is InChI=1S/C24H25NO5S/c1-3-30-24(28)16-11-25(13-7-8-13)21-15(22(16)27)10-9-14(23(21)29-2)17-12-31-19-6-4-5-18(26)20(17)19/h9-13,18,26H,3-8H2,1-2H3. The molecule has 1 aromatic carbocycles. The maximum Gasteiger partial charge on any atom is 0.343 e. The van der Waals surface area contributed by atoms with Crippen molar-refractivity contribution in [2.45, 2.75) is 51.2 Å². The quantitative estimate of drug-likeness (QED) is 0.587. The van der Waals surface area contributed by atoms with E-state index in [0.29, 0.717) is 16.7 Å². The molecule has 1 atom stereocenters. The van der Waals surface area contributed by atoms with Gasteiger partial charge in [0.15, 0.2) is 5.75 Å². The van der Waals surface area contributed by atoms with E-state index in [1.807, 2.05) is 10.6 Å². The van der Waals surface area contributed by atoms with E-state index in [9.17, 15) is 14.7 Å². The van der Waals surface area contributed by atoms with Gasteiger partial charge in [-0.1, -0.05) is 0 Å². The molecular formula is C24H25NO5S. The molecule has 2 aliphatic rings. The largest absolute Gasteiger partial charge is 0.494 e. The van der Waals surface area contributed by atoms with Crippen LogP contribution in [0, 0.1) is 0 Å². The van der Waals surface area contributed by atoms with Gasteiger partial charge in [-0.05, 0) is 56.5 Å². The minimum Gasteiger partial charge on any atom is -0.494 e. The Balaban J connectivity index is 1.78. The molecule has 2 aromatic heterocycles. The minimum absolute atomic E-state index is 0.0550. The highest BCUT2D eigenvalue weighted by atomic mass is 32.1. The highest BCUT2D eigenvalue weighted by molar-refractivity contribution is 7.10. The van der Waals surface area contributed by atoms with E-state index >= 15 is 0 Å². The van der Waals surface area contributed by atoms with Gasteiger partial charge in [0.1, 0.15) is 5.56 Å². The number of hydrogen-bond donors (Lipinski definition) is 1. The lowest BCUT2D eigenvalue weighted by molar-refractivity contribution is 0.0524. The molecule has 5 rings (SSSR count). The number of aryl methyl sites for hydroxylation is 1. The molecule has 1 fully saturated rings. The van der Waals surface area contributed by atoms with Crippen LogP contribution in [0.5, 0.6) is 5.75 Å². The maximum absolute atomic E-state index is 13.2. The van der Waals surface area contributed by atoms with Crippen LogP contribution in [0.1, 0.15) is 65.6 Å². The lowest BCUT2D eigenvalue weighted by atomic mass is 9.89. The Kier molecular flexibility index (Phi) is 5.10. The third-order valence-corrected chi connectivity index (χ3v) is 7.26. The number of esters is 1. The molecule has 0 spiro atoms. The summed E-state index contributed by atoms with van der Waals surface area (Å²) in [5, 5.41) is 13.2. The molecule has 2 aliphatic carbocycles. The Morgan fingerprint density at radius 1 is 1.26 bits per heavy atom. The third kappa shape index (κ3) is 3.27. The first-order chi connectivity index (χ1) is 15.0. The number of rotatable bonds is 5. The topological polar surface area (TPSA) is 77.8 Å². The van der Waals surface area contributed by atoms with Gasteiger partial charge in [0.05, 0.1) is 30.7 Å². The summed E-state index contributed by atoms with van der Waals surface area (Å²) in [6.07, 6.45) is 5.83. The normalized spacial score (nSPS) is 18.1. The molecule has 1 unspecified atom stereocenters. The van der Waals surface area contributed by atoms with Gasteiger partial charge in [-0.25, -0.2) is 4.79 Å². The van der Waals surface area contributed by atoms with E-state index in [0.717, 1.165) is 48.8 Å². The van der Waals surface area contributed by atoms with Gasteiger partial charge in [0.25, 0.3) is 0 Å². The second kappa shape index (κ2) is 7.80. The van der Waals surface area contributed by atoms with E-state index in [1.54, 1.807) is 37.6 Å². The number of nitrogens with zero attached hydrogens (tertiary/aromatic N) is 1. The summed E-state index contributed by atoms with van der Waals surface area (Å²) in [6, 6.07) is 3.87. The molecule has 2 heterocycles. The summed E-state index contributed by atoms with van der Waals surface area (Å²) >= 11 is 1.67. The average molecular weight is 440 g/mol. The first kappa shape index (κ1) is 20.3. The zero-order valence-corrected chi connectivity index (χ0v) is 18.5. The number of methoxy groups -OCH3 is 1. The predicted molar refractivity (Wildman–Crippen MR) is 120 cm³/mol. The number of ether oxygens (including phenoxy) is 2. The number of aromatic nitrogens is 1. The van der Waals surface area contributed by atoms with Crippen molar-refractivity contribution in [3.8, 4) is 16.9 Å². The van der Waals surface area contributed by atoms with Gasteiger partial charge in [-0.3, -0.25) is 4.79 Å². The highest BCUT2D eigenvalue weighted by Gasteiger charge is 2.31. The minimum atomic E-state index is -0.595. The number of benzene rings is 1. The number of pyridine rings is 1. The van der Waals surface area contributed by atoms with Crippen molar-refractivity contribution in [3.63, 3.8) is 0 Å². The van der Waals surface area contributed by atoms with Crippen molar-refractivity contribution >= 4 is 28.2 Å². The Hall–Kier alpha value is -2.64. The Labute approximate surface area is 184 Å². The molecule has 0 amide bonds. The predicted octanol–water partition coefficient (Wildman–Crippen LogP) is 4.62. The second-order valence-corrected chi connectivity index (χ2v) is 9.13. The fraction of sp³-hybridized carbons (Fsp3) is 0.417. The fourth-order valence-corrected chi connectivity index (χ4v) is 5.76. The highest BCUT2D eigenvalue weighted by Crippen LogP contribution is 2.47. The molecule has 0 radical (unpaired) electrons. The number of hydrogen-bond acceptors (Lipinski definition) is 6. The van der Waals surface area contributed by atoms with Crippen molar-refractivity contribution in [3.05, 3.63) is 49.9 Å². The molecule has 1 saturated carbocycles. The van der Waals surface area contributed by atoms with E-state index in [-0.39, 0.29) is 23.6 Å². The molecule has 31 heavy (non-hydrogen) atoms. The van der Waals surface area contributed by atoms with E-state index in [4.69, 9.17) is 9.47 Å². The number of carbonyl (C=O) groups excluding carboxylic acids is 1. The summed E-state index contributed by atoms with van der Waals surface area (Å²) in [5.74, 6) is 0.0113. The Morgan fingerprint density at radius 3 is 2.77 bits per heavy atom. The van der Waals surface area contributed by atoms with Gasteiger partial charge in [-0.2, -0.15) is 0 Å². The molecule has 162 valence electrons. The van der Waals surface area contributed by atoms with Crippen molar-refractivity contribution in [1.82, 2.24) is 4.57 Å². The SMILES string of the molecule is CCOC(=O)c1cn(C2CC2)c2c(OC)c(-c3csc4c3C(O)CCC4)ccc2c1=O. The second-order valence-electron chi connectivity index (χ2n) is 8.17. The lowest BCUT2D eigenvalue weighted by Gasteiger charge is -2.21. The van der Waals surface area contributed by atoms with Crippen LogP contribution in [0.3, 0.4) is 0 Å². The summed E-state index contributed by atoms with van der Waals surface area (Å²) in [5.41, 5.74) is 3.23. The van der Waals surface area contributed by atoms with Gasteiger partial charge >= 0.3 is 5.97 Å². The molecule has 0 aliphatic heterocycles. The lowest BCUT2D eigenvalue weighted by Crippen LogP contribution is -2.21. The van der Waals surface area contributed by atoms with Crippen molar-refractivity contribution < 1.29 is 19.4 Å². The molecular weight excluding hydrogens is 414 g/mol. The summed E-state index contributed by atoms with van der Waals surface area (Å²) < 4.78 is 13.0. The zero-order chi connectivity index (χ0) is 21.7. The molecule has 7 heteroatoms. The smallest absolute Gasteiger partial charge is 0.343 e. The molecule has 1 N–H and O–H groups in total. The summed E-state index contributed by atoms with van der Waals surface area (Å²) in [4.78, 5) is 26.8. The maximum atomic E-state index is 13.2. The van der Waals surface area contributed by atoms with Crippen LogP contribution in [0.4, 0.5) is 0 Å². The molecule has 6 nitrogen and oxygen atoms in total. The molecule has 0 bridgehead atoms. The summed E-state index contributed by atoms with van der Waals surface area (Å²) in [7, 11) is 1.61. The van der Waals surface area contributed by atoms with Crippen molar-refractivity contribution in [2.24, 2.45) is 0 Å². The van der Waals surface area contributed by atoms with Gasteiger partial charge in [0, 0.05) is 33.8 Å².